The first-order valence-electron chi connectivity index (χ1n) is 5.38. The minimum absolute atomic E-state index is 0.100. The summed E-state index contributed by atoms with van der Waals surface area (Å²) in [5, 5.41) is 0.600. The molecule has 1 aliphatic rings. The maximum absolute atomic E-state index is 12.4. The Kier molecular flexibility index (Phi) is 2.90. The first-order valence-corrected chi connectivity index (χ1v) is 6.51. The van der Waals surface area contributed by atoms with Gasteiger partial charge in [-0.05, 0) is 18.2 Å². The zero-order valence-corrected chi connectivity index (χ0v) is 11.6. The highest BCUT2D eigenvalue weighted by atomic mass is 35.5. The van der Waals surface area contributed by atoms with Crippen LogP contribution in [0.5, 0.6) is 0 Å². The van der Waals surface area contributed by atoms with Crippen LogP contribution < -0.4 is 0 Å². The van der Waals surface area contributed by atoms with E-state index in [1.807, 2.05) is 0 Å². The molecule has 0 aromatic heterocycles. The summed E-state index contributed by atoms with van der Waals surface area (Å²) in [6.07, 6.45) is 0. The van der Waals surface area contributed by atoms with Gasteiger partial charge in [0.05, 0.1) is 26.2 Å². The highest BCUT2D eigenvalue weighted by Gasteiger charge is 2.33. The number of carbonyl (C=O) groups excluding carboxylic acids is 2. The van der Waals surface area contributed by atoms with Crippen LogP contribution in [0.3, 0.4) is 0 Å². The van der Waals surface area contributed by atoms with Crippen molar-refractivity contribution in [2.75, 3.05) is 0 Å². The number of carbonyl (C=O) groups is 2. The molecule has 5 heteroatoms. The van der Waals surface area contributed by atoms with E-state index in [-0.39, 0.29) is 48.9 Å². The van der Waals surface area contributed by atoms with Crippen LogP contribution in [0, 0.1) is 0 Å². The molecule has 19 heavy (non-hydrogen) atoms. The van der Waals surface area contributed by atoms with E-state index in [1.165, 1.54) is 12.1 Å². The molecule has 0 unspecified atom stereocenters. The highest BCUT2D eigenvalue weighted by molar-refractivity contribution is 6.47. The summed E-state index contributed by atoms with van der Waals surface area (Å²) in [4.78, 5) is 24.8. The fraction of sp³-hybridized carbons (Fsp3) is 0. The monoisotopic (exact) mass is 310 g/mol. The Hall–Kier alpha value is -1.35. The molecule has 3 rings (SSSR count). The van der Waals surface area contributed by atoms with Crippen LogP contribution in [0.2, 0.25) is 15.1 Å². The number of fused-ring (bicyclic) bond motifs is 2. The average Bonchev–Trinajstić information content (AvgIpc) is 2.39. The second-order valence-corrected chi connectivity index (χ2v) is 5.30. The van der Waals surface area contributed by atoms with Gasteiger partial charge in [-0.15, -0.1) is 0 Å². The first-order chi connectivity index (χ1) is 9.02. The smallest absolute Gasteiger partial charge is 0.196 e. The van der Waals surface area contributed by atoms with Gasteiger partial charge in [0.1, 0.15) is 0 Å². The summed E-state index contributed by atoms with van der Waals surface area (Å²) in [5.74, 6) is -0.645. The van der Waals surface area contributed by atoms with Gasteiger partial charge in [-0.1, -0.05) is 46.9 Å². The lowest BCUT2D eigenvalue weighted by Gasteiger charge is -2.19. The van der Waals surface area contributed by atoms with Crippen LogP contribution in [0.4, 0.5) is 0 Å². The zero-order chi connectivity index (χ0) is 13.7. The van der Waals surface area contributed by atoms with Gasteiger partial charge in [-0.25, -0.2) is 0 Å². The molecule has 0 fully saturated rings. The molecule has 2 aromatic rings. The predicted molar refractivity (Wildman–Crippen MR) is 74.8 cm³/mol. The minimum atomic E-state index is -0.334. The fourth-order valence-electron chi connectivity index (χ4n) is 2.18. The van der Waals surface area contributed by atoms with E-state index in [4.69, 9.17) is 34.8 Å². The summed E-state index contributed by atoms with van der Waals surface area (Å²) in [7, 11) is 0. The van der Waals surface area contributed by atoms with Crippen LogP contribution in [-0.2, 0) is 0 Å². The molecule has 0 saturated carbocycles. The second-order valence-electron chi connectivity index (χ2n) is 4.10. The zero-order valence-electron chi connectivity index (χ0n) is 9.34. The molecule has 0 heterocycles. The Balaban J connectivity index is 2.40. The summed E-state index contributed by atoms with van der Waals surface area (Å²) in [6.45, 7) is 0. The van der Waals surface area contributed by atoms with Crippen LogP contribution in [0.25, 0.3) is 0 Å². The lowest BCUT2D eigenvalue weighted by atomic mass is 9.84. The van der Waals surface area contributed by atoms with Gasteiger partial charge in [0.25, 0.3) is 0 Å². The van der Waals surface area contributed by atoms with Crippen molar-refractivity contribution in [1.82, 2.24) is 0 Å². The molecule has 0 radical (unpaired) electrons. The van der Waals surface area contributed by atoms with E-state index in [2.05, 4.69) is 0 Å². The van der Waals surface area contributed by atoms with Crippen molar-refractivity contribution in [2.24, 2.45) is 0 Å². The molecule has 2 aromatic carbocycles. The summed E-state index contributed by atoms with van der Waals surface area (Å²) in [5.41, 5.74) is 0.864. The maximum Gasteiger partial charge on any atom is 0.196 e. The second kappa shape index (κ2) is 4.34. The fourth-order valence-corrected chi connectivity index (χ4v) is 2.84. The SMILES string of the molecule is O=C1c2ccc(Cl)c(Cl)c2C(=O)c2cccc(Cl)c21. The third-order valence-electron chi connectivity index (χ3n) is 3.05. The third kappa shape index (κ3) is 1.71. The molecule has 0 saturated heterocycles. The molecule has 1 aliphatic carbocycles. The molecule has 0 spiro atoms. The summed E-state index contributed by atoms with van der Waals surface area (Å²) in [6, 6.07) is 7.75. The van der Waals surface area contributed by atoms with Crippen molar-refractivity contribution < 1.29 is 9.59 Å². The lowest BCUT2D eigenvalue weighted by Crippen LogP contribution is -2.21. The summed E-state index contributed by atoms with van der Waals surface area (Å²) >= 11 is 17.9. The topological polar surface area (TPSA) is 34.1 Å². The van der Waals surface area contributed by atoms with Crippen molar-refractivity contribution in [3.05, 3.63) is 67.7 Å². The van der Waals surface area contributed by atoms with E-state index < -0.39 is 0 Å². The van der Waals surface area contributed by atoms with Gasteiger partial charge in [0.15, 0.2) is 11.6 Å². The Labute approximate surface area is 123 Å². The molecule has 0 atom stereocenters. The van der Waals surface area contributed by atoms with E-state index in [9.17, 15) is 9.59 Å². The molecule has 0 aliphatic heterocycles. The van der Waals surface area contributed by atoms with Crippen LogP contribution in [0.1, 0.15) is 31.8 Å². The lowest BCUT2D eigenvalue weighted by molar-refractivity contribution is 0.0979. The van der Waals surface area contributed by atoms with Crippen molar-refractivity contribution in [1.29, 1.82) is 0 Å². The molecular weight excluding hydrogens is 307 g/mol. The van der Waals surface area contributed by atoms with E-state index >= 15 is 0 Å². The number of hydrogen-bond donors (Lipinski definition) is 0. The Bertz CT molecular complexity index is 751. The molecule has 0 amide bonds. The van der Waals surface area contributed by atoms with E-state index in [1.54, 1.807) is 18.2 Å². The van der Waals surface area contributed by atoms with Crippen LogP contribution >= 0.6 is 34.8 Å². The van der Waals surface area contributed by atoms with E-state index in [0.29, 0.717) is 0 Å². The van der Waals surface area contributed by atoms with Gasteiger partial charge in [0, 0.05) is 11.1 Å². The van der Waals surface area contributed by atoms with Gasteiger partial charge < -0.3 is 0 Å². The Morgan fingerprint density at radius 3 is 2.05 bits per heavy atom. The van der Waals surface area contributed by atoms with Gasteiger partial charge in [-0.3, -0.25) is 9.59 Å². The Morgan fingerprint density at radius 2 is 1.32 bits per heavy atom. The van der Waals surface area contributed by atoms with Crippen LogP contribution in [-0.4, -0.2) is 11.6 Å². The maximum atomic E-state index is 12.4. The standard InChI is InChI=1S/C14H5Cl3O2/c15-8-3-1-2-6-10(8)13(18)7-4-5-9(16)12(17)11(7)14(6)19/h1-5H. The van der Waals surface area contributed by atoms with E-state index in [0.717, 1.165) is 0 Å². The van der Waals surface area contributed by atoms with Crippen LogP contribution in [0.15, 0.2) is 30.3 Å². The van der Waals surface area contributed by atoms with Gasteiger partial charge >= 0.3 is 0 Å². The predicted octanol–water partition coefficient (Wildman–Crippen LogP) is 4.42. The highest BCUT2D eigenvalue weighted by Crippen LogP contribution is 2.37. The van der Waals surface area contributed by atoms with Gasteiger partial charge in [-0.2, -0.15) is 0 Å². The molecule has 94 valence electrons. The molecule has 2 nitrogen and oxygen atoms in total. The number of hydrogen-bond acceptors (Lipinski definition) is 2. The quantitative estimate of drug-likeness (QED) is 0.616. The molecule has 0 bridgehead atoms. The van der Waals surface area contributed by atoms with Crippen molar-refractivity contribution in [3.8, 4) is 0 Å². The first kappa shape index (κ1) is 12.7. The van der Waals surface area contributed by atoms with Crippen molar-refractivity contribution >= 4 is 46.4 Å². The summed E-state index contributed by atoms with van der Waals surface area (Å²) < 4.78 is 0. The number of rotatable bonds is 0. The average molecular weight is 312 g/mol. The Morgan fingerprint density at radius 1 is 0.684 bits per heavy atom. The van der Waals surface area contributed by atoms with Gasteiger partial charge in [0.2, 0.25) is 0 Å². The minimum Gasteiger partial charge on any atom is -0.289 e. The number of benzene rings is 2. The largest absolute Gasteiger partial charge is 0.289 e. The van der Waals surface area contributed by atoms with Crippen molar-refractivity contribution in [3.63, 3.8) is 0 Å². The molecular formula is C14H5Cl3O2. The molecule has 0 N–H and O–H groups in total. The number of halogens is 3. The normalized spacial score (nSPS) is 13.2. The number of ketones is 2. The van der Waals surface area contributed by atoms with Crippen molar-refractivity contribution in [2.45, 2.75) is 0 Å². The third-order valence-corrected chi connectivity index (χ3v) is 4.17.